The van der Waals surface area contributed by atoms with E-state index in [4.69, 9.17) is 11.6 Å². The fourth-order valence-corrected chi connectivity index (χ4v) is 3.85. The van der Waals surface area contributed by atoms with Crippen molar-refractivity contribution in [2.75, 3.05) is 31.1 Å². The summed E-state index contributed by atoms with van der Waals surface area (Å²) in [4.78, 5) is 20.8. The summed E-state index contributed by atoms with van der Waals surface area (Å²) in [5.74, 6) is 0.351. The molecular weight excluding hydrogens is 443 g/mol. The molecule has 1 saturated heterocycles. The summed E-state index contributed by atoms with van der Waals surface area (Å²) in [6, 6.07) is 9.59. The molecule has 0 aliphatic carbocycles. The van der Waals surface area contributed by atoms with Crippen molar-refractivity contribution >= 4 is 23.3 Å². The second-order valence-electron chi connectivity index (χ2n) is 7.57. The molecule has 10 heteroatoms. The van der Waals surface area contributed by atoms with Gasteiger partial charge in [-0.1, -0.05) is 11.6 Å². The number of pyridine rings is 1. The molecule has 1 aliphatic heterocycles. The first-order valence-electron chi connectivity index (χ1n) is 10.1. The lowest BCUT2D eigenvalue weighted by molar-refractivity contribution is -0.137. The van der Waals surface area contributed by atoms with Crippen molar-refractivity contribution in [3.05, 3.63) is 70.6 Å². The number of hydrogen-bond donors (Lipinski definition) is 0. The number of rotatable bonds is 3. The van der Waals surface area contributed by atoms with Crippen LogP contribution in [0, 0.1) is 6.92 Å². The standard InChI is InChI=1S/C22H21ClF3N5O/c1-15-19(14-28-31(15)18-6-4-17(23)5-7-18)21(32)30-10-2-9-29(11-12-30)20-8-3-16(13-27-20)22(24,25)26/h3-8,13-14H,2,9-12H2,1H3. The first-order chi connectivity index (χ1) is 15.2. The van der Waals surface area contributed by atoms with E-state index >= 15 is 0 Å². The van der Waals surface area contributed by atoms with Crippen molar-refractivity contribution in [2.45, 2.75) is 19.5 Å². The van der Waals surface area contributed by atoms with Gasteiger partial charge in [-0.25, -0.2) is 9.67 Å². The van der Waals surface area contributed by atoms with Gasteiger partial charge < -0.3 is 9.80 Å². The van der Waals surface area contributed by atoms with E-state index in [9.17, 15) is 18.0 Å². The Morgan fingerprint density at radius 1 is 1.00 bits per heavy atom. The number of nitrogens with zero attached hydrogens (tertiary/aromatic N) is 5. The quantitative estimate of drug-likeness (QED) is 0.569. The Balaban J connectivity index is 1.46. The highest BCUT2D eigenvalue weighted by Gasteiger charge is 2.31. The highest BCUT2D eigenvalue weighted by atomic mass is 35.5. The maximum absolute atomic E-state index is 13.2. The molecule has 1 aliphatic rings. The molecule has 6 nitrogen and oxygen atoms in total. The summed E-state index contributed by atoms with van der Waals surface area (Å²) in [7, 11) is 0. The van der Waals surface area contributed by atoms with Crippen LogP contribution in [0.25, 0.3) is 5.69 Å². The SMILES string of the molecule is Cc1c(C(=O)N2CCCN(c3ccc(C(F)(F)F)cn3)CC2)cnn1-c1ccc(Cl)cc1. The Kier molecular flexibility index (Phi) is 6.10. The van der Waals surface area contributed by atoms with Crippen molar-refractivity contribution < 1.29 is 18.0 Å². The number of alkyl halides is 3. The Morgan fingerprint density at radius 2 is 1.75 bits per heavy atom. The molecule has 0 bridgehead atoms. The molecule has 1 fully saturated rings. The second-order valence-corrected chi connectivity index (χ2v) is 8.00. The average Bonchev–Trinajstić information content (AvgIpc) is 2.98. The fraction of sp³-hybridized carbons (Fsp3) is 0.318. The molecule has 3 heterocycles. The number of halogens is 4. The molecule has 2 aromatic heterocycles. The highest BCUT2D eigenvalue weighted by molar-refractivity contribution is 6.30. The number of aromatic nitrogens is 3. The molecule has 1 amide bonds. The predicted molar refractivity (Wildman–Crippen MR) is 115 cm³/mol. The van der Waals surface area contributed by atoms with Gasteiger partial charge in [0.1, 0.15) is 5.82 Å². The van der Waals surface area contributed by atoms with Gasteiger partial charge in [-0.3, -0.25) is 4.79 Å². The third-order valence-electron chi connectivity index (χ3n) is 5.49. The summed E-state index contributed by atoms with van der Waals surface area (Å²) < 4.78 is 40.0. The van der Waals surface area contributed by atoms with Gasteiger partial charge in [0.25, 0.3) is 5.91 Å². The molecule has 0 unspecified atom stereocenters. The normalized spacial score (nSPS) is 15.0. The van der Waals surface area contributed by atoms with Crippen LogP contribution < -0.4 is 4.90 Å². The maximum Gasteiger partial charge on any atom is 0.417 e. The summed E-state index contributed by atoms with van der Waals surface area (Å²) in [6.07, 6.45) is -1.33. The third kappa shape index (κ3) is 4.57. The minimum atomic E-state index is -4.41. The summed E-state index contributed by atoms with van der Waals surface area (Å²) in [6.45, 7) is 3.90. The number of amides is 1. The number of anilines is 1. The summed E-state index contributed by atoms with van der Waals surface area (Å²) >= 11 is 5.95. The molecule has 3 aromatic rings. The minimum Gasteiger partial charge on any atom is -0.355 e. The fourth-order valence-electron chi connectivity index (χ4n) is 3.72. The van der Waals surface area contributed by atoms with E-state index in [2.05, 4.69) is 10.1 Å². The number of carbonyl (C=O) groups is 1. The smallest absolute Gasteiger partial charge is 0.355 e. The molecule has 4 rings (SSSR count). The third-order valence-corrected chi connectivity index (χ3v) is 5.75. The molecule has 32 heavy (non-hydrogen) atoms. The molecule has 168 valence electrons. The summed E-state index contributed by atoms with van der Waals surface area (Å²) in [5, 5.41) is 4.98. The van der Waals surface area contributed by atoms with E-state index in [-0.39, 0.29) is 5.91 Å². The first-order valence-corrected chi connectivity index (χ1v) is 10.5. The van der Waals surface area contributed by atoms with Gasteiger partial charge in [-0.05, 0) is 49.7 Å². The topological polar surface area (TPSA) is 54.3 Å². The number of carbonyl (C=O) groups excluding carboxylic acids is 1. The molecular formula is C22H21ClF3N5O. The van der Waals surface area contributed by atoms with Gasteiger partial charge in [-0.2, -0.15) is 18.3 Å². The zero-order chi connectivity index (χ0) is 22.9. The predicted octanol–water partition coefficient (Wildman–Crippen LogP) is 4.60. The van der Waals surface area contributed by atoms with Gasteiger partial charge in [0.05, 0.1) is 28.7 Å². The van der Waals surface area contributed by atoms with Crippen LogP contribution in [0.4, 0.5) is 19.0 Å². The second kappa shape index (κ2) is 8.82. The average molecular weight is 464 g/mol. The van der Waals surface area contributed by atoms with E-state index in [0.29, 0.717) is 49.0 Å². The van der Waals surface area contributed by atoms with Crippen molar-refractivity contribution in [3.63, 3.8) is 0 Å². The Labute approximate surface area is 188 Å². The van der Waals surface area contributed by atoms with Crippen molar-refractivity contribution in [3.8, 4) is 5.69 Å². The van der Waals surface area contributed by atoms with Crippen molar-refractivity contribution in [2.24, 2.45) is 0 Å². The van der Waals surface area contributed by atoms with Crippen LogP contribution in [0.2, 0.25) is 5.02 Å². The Hall–Kier alpha value is -3.07. The molecule has 0 atom stereocenters. The van der Waals surface area contributed by atoms with E-state index < -0.39 is 11.7 Å². The summed E-state index contributed by atoms with van der Waals surface area (Å²) in [5.41, 5.74) is 1.27. The minimum absolute atomic E-state index is 0.120. The molecule has 0 spiro atoms. The van der Waals surface area contributed by atoms with Gasteiger partial charge in [0.2, 0.25) is 0 Å². The number of hydrogen-bond acceptors (Lipinski definition) is 4. The van der Waals surface area contributed by atoms with E-state index in [1.165, 1.54) is 6.07 Å². The van der Waals surface area contributed by atoms with Crippen LogP contribution in [0.5, 0.6) is 0 Å². The lowest BCUT2D eigenvalue weighted by atomic mass is 10.2. The largest absolute Gasteiger partial charge is 0.417 e. The number of benzene rings is 1. The lowest BCUT2D eigenvalue weighted by Crippen LogP contribution is -2.35. The first kappa shape index (κ1) is 22.1. The van der Waals surface area contributed by atoms with E-state index in [0.717, 1.165) is 23.6 Å². The zero-order valence-corrected chi connectivity index (χ0v) is 18.1. The van der Waals surface area contributed by atoms with Crippen LogP contribution in [-0.4, -0.2) is 51.8 Å². The van der Waals surface area contributed by atoms with E-state index in [1.807, 2.05) is 24.0 Å². The van der Waals surface area contributed by atoms with Crippen LogP contribution >= 0.6 is 11.6 Å². The molecule has 0 radical (unpaired) electrons. The van der Waals surface area contributed by atoms with Gasteiger partial charge in [0.15, 0.2) is 0 Å². The van der Waals surface area contributed by atoms with Gasteiger partial charge in [-0.15, -0.1) is 0 Å². The molecule has 1 aromatic carbocycles. The Bertz CT molecular complexity index is 1100. The zero-order valence-electron chi connectivity index (χ0n) is 17.3. The van der Waals surface area contributed by atoms with Gasteiger partial charge in [0, 0.05) is 37.4 Å². The van der Waals surface area contributed by atoms with Crippen LogP contribution in [0.1, 0.15) is 28.0 Å². The van der Waals surface area contributed by atoms with Crippen LogP contribution in [0.3, 0.4) is 0 Å². The molecule has 0 saturated carbocycles. The van der Waals surface area contributed by atoms with Crippen LogP contribution in [-0.2, 0) is 6.18 Å². The monoisotopic (exact) mass is 463 g/mol. The molecule has 0 N–H and O–H groups in total. The lowest BCUT2D eigenvalue weighted by Gasteiger charge is -2.23. The highest BCUT2D eigenvalue weighted by Crippen LogP contribution is 2.29. The van der Waals surface area contributed by atoms with Crippen molar-refractivity contribution in [1.82, 2.24) is 19.7 Å². The van der Waals surface area contributed by atoms with Crippen molar-refractivity contribution in [1.29, 1.82) is 0 Å². The van der Waals surface area contributed by atoms with Crippen LogP contribution in [0.15, 0.2) is 48.8 Å². The van der Waals surface area contributed by atoms with E-state index in [1.54, 1.807) is 27.9 Å². The Morgan fingerprint density at radius 3 is 2.41 bits per heavy atom. The van der Waals surface area contributed by atoms with Gasteiger partial charge >= 0.3 is 6.18 Å². The maximum atomic E-state index is 13.2.